The normalized spacial score (nSPS) is 11.8. The zero-order chi connectivity index (χ0) is 11.1. The number of nitrogens with one attached hydrogen (secondary N) is 1. The van der Waals surface area contributed by atoms with Crippen LogP contribution in [0.15, 0.2) is 18.2 Å². The average Bonchev–Trinajstić information content (AvgIpc) is 2.29. The minimum absolute atomic E-state index is 0.455. The number of hydrogen-bond donors (Lipinski definition) is 1. The molecule has 0 saturated carbocycles. The van der Waals surface area contributed by atoms with Crippen LogP contribution in [0.2, 0.25) is 0 Å². The minimum atomic E-state index is 0.455. The fourth-order valence-corrected chi connectivity index (χ4v) is 1.51. The first kappa shape index (κ1) is 11.5. The highest BCUT2D eigenvalue weighted by Gasteiger charge is 2.05. The first-order chi connectivity index (χ1) is 7.30. The summed E-state index contributed by atoms with van der Waals surface area (Å²) in [4.78, 5) is 4.19. The first-order valence-corrected chi connectivity index (χ1v) is 5.43. The Hall–Kier alpha value is -1.56. The fourth-order valence-electron chi connectivity index (χ4n) is 1.51. The number of pyridine rings is 1. The van der Waals surface area contributed by atoms with Gasteiger partial charge >= 0.3 is 0 Å². The van der Waals surface area contributed by atoms with Gasteiger partial charge in [0.25, 0.3) is 0 Å². The molecule has 1 atom stereocenters. The van der Waals surface area contributed by atoms with Crippen molar-refractivity contribution in [2.75, 3.05) is 5.32 Å². The third-order valence-corrected chi connectivity index (χ3v) is 2.35. The van der Waals surface area contributed by atoms with E-state index in [0.29, 0.717) is 11.7 Å². The molecular weight excluding hydrogens is 186 g/mol. The van der Waals surface area contributed by atoms with Gasteiger partial charge in [0, 0.05) is 6.04 Å². The predicted octanol–water partition coefficient (Wildman–Crippen LogP) is 2.94. The molecule has 0 aliphatic carbocycles. The summed E-state index contributed by atoms with van der Waals surface area (Å²) < 4.78 is 0. The van der Waals surface area contributed by atoms with Gasteiger partial charge < -0.3 is 5.32 Å². The van der Waals surface area contributed by atoms with Crippen LogP contribution in [-0.4, -0.2) is 11.0 Å². The van der Waals surface area contributed by atoms with Gasteiger partial charge in [-0.1, -0.05) is 26.3 Å². The number of nitriles is 1. The van der Waals surface area contributed by atoms with Crippen molar-refractivity contribution in [3.05, 3.63) is 23.9 Å². The Labute approximate surface area is 91.1 Å². The second-order valence-corrected chi connectivity index (χ2v) is 3.56. The molecule has 0 radical (unpaired) electrons. The maximum absolute atomic E-state index is 8.72. The predicted molar refractivity (Wildman–Crippen MR) is 61.6 cm³/mol. The molecule has 1 heterocycles. The third kappa shape index (κ3) is 3.59. The molecular formula is C12H17N3. The molecule has 1 N–H and O–H groups in total. The molecule has 1 aromatic rings. The van der Waals surface area contributed by atoms with Gasteiger partial charge in [0.15, 0.2) is 0 Å². The Bertz CT molecular complexity index is 341. The second-order valence-electron chi connectivity index (χ2n) is 3.56. The monoisotopic (exact) mass is 203 g/mol. The van der Waals surface area contributed by atoms with Crippen molar-refractivity contribution in [2.45, 2.75) is 39.2 Å². The van der Waals surface area contributed by atoms with Gasteiger partial charge in [-0.2, -0.15) is 5.26 Å². The highest BCUT2D eigenvalue weighted by molar-refractivity contribution is 5.39. The Morgan fingerprint density at radius 1 is 1.47 bits per heavy atom. The van der Waals surface area contributed by atoms with E-state index in [-0.39, 0.29) is 0 Å². The van der Waals surface area contributed by atoms with Crippen LogP contribution in [0.4, 0.5) is 5.82 Å². The van der Waals surface area contributed by atoms with E-state index in [2.05, 4.69) is 24.1 Å². The molecule has 0 bridgehead atoms. The molecule has 0 fully saturated rings. The minimum Gasteiger partial charge on any atom is -0.367 e. The molecule has 1 unspecified atom stereocenters. The van der Waals surface area contributed by atoms with Crippen LogP contribution < -0.4 is 5.32 Å². The van der Waals surface area contributed by atoms with Crippen molar-refractivity contribution in [3.8, 4) is 6.07 Å². The van der Waals surface area contributed by atoms with Crippen LogP contribution in [0.5, 0.6) is 0 Å². The average molecular weight is 203 g/mol. The van der Waals surface area contributed by atoms with Gasteiger partial charge in [-0.05, 0) is 25.0 Å². The zero-order valence-electron chi connectivity index (χ0n) is 9.33. The summed E-state index contributed by atoms with van der Waals surface area (Å²) in [7, 11) is 0. The van der Waals surface area contributed by atoms with Crippen molar-refractivity contribution >= 4 is 5.82 Å². The van der Waals surface area contributed by atoms with Crippen molar-refractivity contribution in [2.24, 2.45) is 0 Å². The number of nitrogens with zero attached hydrogens (tertiary/aromatic N) is 2. The van der Waals surface area contributed by atoms with Crippen LogP contribution in [0, 0.1) is 11.3 Å². The largest absolute Gasteiger partial charge is 0.367 e. The van der Waals surface area contributed by atoms with Gasteiger partial charge in [-0.3, -0.25) is 0 Å². The zero-order valence-corrected chi connectivity index (χ0v) is 9.33. The van der Waals surface area contributed by atoms with E-state index < -0.39 is 0 Å². The fraction of sp³-hybridized carbons (Fsp3) is 0.500. The van der Waals surface area contributed by atoms with Crippen LogP contribution >= 0.6 is 0 Å². The summed E-state index contributed by atoms with van der Waals surface area (Å²) >= 11 is 0. The Morgan fingerprint density at radius 3 is 2.87 bits per heavy atom. The van der Waals surface area contributed by atoms with Crippen LogP contribution in [0.3, 0.4) is 0 Å². The van der Waals surface area contributed by atoms with Gasteiger partial charge in [0.2, 0.25) is 0 Å². The second kappa shape index (κ2) is 6.02. The number of aromatic nitrogens is 1. The molecule has 0 saturated heterocycles. The molecule has 1 rings (SSSR count). The summed E-state index contributed by atoms with van der Waals surface area (Å²) in [5.41, 5.74) is 0.464. The topological polar surface area (TPSA) is 48.7 Å². The highest BCUT2D eigenvalue weighted by Crippen LogP contribution is 2.10. The molecule has 0 aromatic carbocycles. The smallest absolute Gasteiger partial charge is 0.142 e. The van der Waals surface area contributed by atoms with E-state index >= 15 is 0 Å². The summed E-state index contributed by atoms with van der Waals surface area (Å²) in [6.45, 7) is 4.32. The number of hydrogen-bond acceptors (Lipinski definition) is 3. The molecule has 3 heteroatoms. The SMILES string of the molecule is CCCC(CC)Nc1cccc(C#N)n1. The van der Waals surface area contributed by atoms with Crippen LogP contribution in [-0.2, 0) is 0 Å². The first-order valence-electron chi connectivity index (χ1n) is 5.43. The van der Waals surface area contributed by atoms with Crippen molar-refractivity contribution < 1.29 is 0 Å². The molecule has 3 nitrogen and oxygen atoms in total. The Kier molecular flexibility index (Phi) is 4.62. The molecule has 1 aromatic heterocycles. The van der Waals surface area contributed by atoms with Crippen LogP contribution in [0.1, 0.15) is 38.8 Å². The van der Waals surface area contributed by atoms with Gasteiger partial charge in [-0.25, -0.2) is 4.98 Å². The van der Waals surface area contributed by atoms with Gasteiger partial charge in [0.05, 0.1) is 0 Å². The van der Waals surface area contributed by atoms with Gasteiger partial charge in [0.1, 0.15) is 17.6 Å². The Balaban J connectivity index is 2.66. The molecule has 80 valence electrons. The van der Waals surface area contributed by atoms with Crippen molar-refractivity contribution in [1.29, 1.82) is 5.26 Å². The molecule has 0 amide bonds. The van der Waals surface area contributed by atoms with E-state index in [1.807, 2.05) is 18.2 Å². The molecule has 0 aliphatic heterocycles. The number of rotatable bonds is 5. The molecule has 15 heavy (non-hydrogen) atoms. The summed E-state index contributed by atoms with van der Waals surface area (Å²) in [5.74, 6) is 0.800. The van der Waals surface area contributed by atoms with Crippen molar-refractivity contribution in [3.63, 3.8) is 0 Å². The highest BCUT2D eigenvalue weighted by atomic mass is 15.0. The summed E-state index contributed by atoms with van der Waals surface area (Å²) in [6, 6.07) is 7.96. The van der Waals surface area contributed by atoms with E-state index in [0.717, 1.165) is 25.1 Å². The lowest BCUT2D eigenvalue weighted by atomic mass is 10.1. The lowest BCUT2D eigenvalue weighted by Gasteiger charge is -2.16. The third-order valence-electron chi connectivity index (χ3n) is 2.35. The van der Waals surface area contributed by atoms with E-state index in [1.165, 1.54) is 0 Å². The molecule has 0 aliphatic rings. The summed E-state index contributed by atoms with van der Waals surface area (Å²) in [5, 5.41) is 12.1. The van der Waals surface area contributed by atoms with Crippen molar-refractivity contribution in [1.82, 2.24) is 4.98 Å². The lowest BCUT2D eigenvalue weighted by Crippen LogP contribution is -2.18. The molecule has 0 spiro atoms. The lowest BCUT2D eigenvalue weighted by molar-refractivity contribution is 0.620. The quantitative estimate of drug-likeness (QED) is 0.800. The summed E-state index contributed by atoms with van der Waals surface area (Å²) in [6.07, 6.45) is 3.37. The van der Waals surface area contributed by atoms with Gasteiger partial charge in [-0.15, -0.1) is 0 Å². The standard InChI is InChI=1S/C12H17N3/c1-3-6-10(4-2)14-12-8-5-7-11(9-13)15-12/h5,7-8,10H,3-4,6H2,1-2H3,(H,14,15). The Morgan fingerprint density at radius 2 is 2.27 bits per heavy atom. The number of anilines is 1. The van der Waals surface area contributed by atoms with E-state index in [1.54, 1.807) is 6.07 Å². The van der Waals surface area contributed by atoms with Crippen LogP contribution in [0.25, 0.3) is 0 Å². The van der Waals surface area contributed by atoms with E-state index in [9.17, 15) is 0 Å². The maximum atomic E-state index is 8.72. The maximum Gasteiger partial charge on any atom is 0.142 e. The van der Waals surface area contributed by atoms with E-state index in [4.69, 9.17) is 5.26 Å².